The van der Waals surface area contributed by atoms with E-state index in [9.17, 15) is 4.39 Å². The molecule has 1 N–H and O–H groups in total. The molecule has 0 aromatic heterocycles. The van der Waals surface area contributed by atoms with Gasteiger partial charge in [0.15, 0.2) is 0 Å². The molecule has 2 rings (SSSR count). The maximum Gasteiger partial charge on any atom is 0.126 e. The van der Waals surface area contributed by atoms with Gasteiger partial charge < -0.3 is 5.32 Å². The van der Waals surface area contributed by atoms with E-state index in [1.54, 1.807) is 12.1 Å². The zero-order chi connectivity index (χ0) is 13.2. The highest BCUT2D eigenvalue weighted by Crippen LogP contribution is 2.32. The Hall–Kier alpha value is -0.600. The minimum atomic E-state index is -0.142. The van der Waals surface area contributed by atoms with E-state index in [4.69, 9.17) is 11.6 Å². The predicted octanol–water partition coefficient (Wildman–Crippen LogP) is 4.19. The van der Waals surface area contributed by atoms with E-state index in [0.717, 1.165) is 31.4 Å². The van der Waals surface area contributed by atoms with Crippen LogP contribution in [0.25, 0.3) is 0 Å². The second-order valence-corrected chi connectivity index (χ2v) is 6.26. The van der Waals surface area contributed by atoms with Gasteiger partial charge in [-0.2, -0.15) is 0 Å². The van der Waals surface area contributed by atoms with E-state index in [2.05, 4.69) is 19.2 Å². The predicted molar refractivity (Wildman–Crippen MR) is 74.5 cm³/mol. The van der Waals surface area contributed by atoms with E-state index >= 15 is 0 Å². The van der Waals surface area contributed by atoms with Gasteiger partial charge in [0.25, 0.3) is 0 Å². The molecule has 3 heteroatoms. The van der Waals surface area contributed by atoms with Crippen LogP contribution in [-0.2, 0) is 6.42 Å². The van der Waals surface area contributed by atoms with Crippen LogP contribution in [0.5, 0.6) is 0 Å². The molecule has 0 bridgehead atoms. The third-order valence-electron chi connectivity index (χ3n) is 3.67. The van der Waals surface area contributed by atoms with Gasteiger partial charge in [-0.1, -0.05) is 25.4 Å². The summed E-state index contributed by atoms with van der Waals surface area (Å²) < 4.78 is 13.8. The summed E-state index contributed by atoms with van der Waals surface area (Å²) in [5, 5.41) is 4.20. The van der Waals surface area contributed by atoms with E-state index in [1.807, 2.05) is 0 Å². The molecule has 1 aromatic carbocycles. The van der Waals surface area contributed by atoms with Crippen molar-refractivity contribution < 1.29 is 4.39 Å². The topological polar surface area (TPSA) is 12.0 Å². The van der Waals surface area contributed by atoms with E-state index in [1.165, 1.54) is 12.5 Å². The molecule has 0 radical (unpaired) electrons. The fraction of sp³-hybridized carbons (Fsp3) is 0.600. The number of rotatable bonds is 4. The first-order valence-electron chi connectivity index (χ1n) is 6.70. The van der Waals surface area contributed by atoms with Crippen LogP contribution in [0.3, 0.4) is 0 Å². The molecule has 1 saturated heterocycles. The van der Waals surface area contributed by atoms with Gasteiger partial charge in [-0.15, -0.1) is 0 Å². The molecule has 1 nitrogen and oxygen atoms in total. The molecule has 0 spiro atoms. The van der Waals surface area contributed by atoms with Crippen molar-refractivity contribution in [2.24, 2.45) is 5.92 Å². The minimum absolute atomic E-state index is 0.0552. The van der Waals surface area contributed by atoms with Crippen LogP contribution in [0, 0.1) is 11.7 Å². The lowest BCUT2D eigenvalue weighted by Crippen LogP contribution is -2.43. The minimum Gasteiger partial charge on any atom is -0.311 e. The number of hydrogen-bond donors (Lipinski definition) is 1. The highest BCUT2D eigenvalue weighted by atomic mass is 35.5. The van der Waals surface area contributed by atoms with Gasteiger partial charge in [0.1, 0.15) is 5.82 Å². The van der Waals surface area contributed by atoms with Crippen molar-refractivity contribution in [1.29, 1.82) is 0 Å². The first-order chi connectivity index (χ1) is 8.51. The lowest BCUT2D eigenvalue weighted by Gasteiger charge is -2.32. The molecule has 1 aliphatic heterocycles. The lowest BCUT2D eigenvalue weighted by atomic mass is 9.82. The van der Waals surface area contributed by atoms with E-state index in [0.29, 0.717) is 10.9 Å². The fourth-order valence-corrected chi connectivity index (χ4v) is 3.29. The lowest BCUT2D eigenvalue weighted by molar-refractivity contribution is 0.298. The Morgan fingerprint density at radius 1 is 1.44 bits per heavy atom. The smallest absolute Gasteiger partial charge is 0.126 e. The SMILES string of the molecule is CC(C)CC1(Cc2cc(Cl)ccc2F)CCCN1. The van der Waals surface area contributed by atoms with Crippen molar-refractivity contribution in [3.8, 4) is 0 Å². The zero-order valence-corrected chi connectivity index (χ0v) is 11.9. The second kappa shape index (κ2) is 5.58. The summed E-state index contributed by atoms with van der Waals surface area (Å²) in [6, 6.07) is 4.84. The summed E-state index contributed by atoms with van der Waals surface area (Å²) in [5.74, 6) is 0.467. The maximum atomic E-state index is 13.8. The monoisotopic (exact) mass is 269 g/mol. The number of hydrogen-bond acceptors (Lipinski definition) is 1. The largest absolute Gasteiger partial charge is 0.311 e. The molecule has 1 heterocycles. The maximum absolute atomic E-state index is 13.8. The molecule has 0 amide bonds. The molecule has 1 fully saturated rings. The molecular weight excluding hydrogens is 249 g/mol. The van der Waals surface area contributed by atoms with Crippen molar-refractivity contribution in [2.45, 2.75) is 45.1 Å². The van der Waals surface area contributed by atoms with Crippen LogP contribution >= 0.6 is 11.6 Å². The van der Waals surface area contributed by atoms with Gasteiger partial charge in [-0.05, 0) is 61.9 Å². The van der Waals surface area contributed by atoms with Crippen molar-refractivity contribution in [2.75, 3.05) is 6.54 Å². The molecular formula is C15H21ClFN. The van der Waals surface area contributed by atoms with Crippen LogP contribution < -0.4 is 5.32 Å². The zero-order valence-electron chi connectivity index (χ0n) is 11.1. The number of nitrogens with one attached hydrogen (secondary N) is 1. The Labute approximate surface area is 114 Å². The molecule has 1 unspecified atom stereocenters. The Morgan fingerprint density at radius 2 is 2.22 bits per heavy atom. The van der Waals surface area contributed by atoms with E-state index in [-0.39, 0.29) is 11.4 Å². The summed E-state index contributed by atoms with van der Waals surface area (Å²) in [6.07, 6.45) is 4.11. The summed E-state index contributed by atoms with van der Waals surface area (Å²) in [4.78, 5) is 0. The van der Waals surface area contributed by atoms with Gasteiger partial charge in [-0.25, -0.2) is 4.39 Å². The van der Waals surface area contributed by atoms with Gasteiger partial charge in [0.05, 0.1) is 0 Å². The summed E-state index contributed by atoms with van der Waals surface area (Å²) in [5.41, 5.74) is 0.789. The summed E-state index contributed by atoms with van der Waals surface area (Å²) >= 11 is 5.97. The number of halogens is 2. The van der Waals surface area contributed by atoms with Crippen molar-refractivity contribution >= 4 is 11.6 Å². The fourth-order valence-electron chi connectivity index (χ4n) is 3.09. The van der Waals surface area contributed by atoms with Gasteiger partial charge in [0, 0.05) is 10.6 Å². The Balaban J connectivity index is 2.20. The molecule has 100 valence electrons. The molecule has 1 aliphatic rings. The van der Waals surface area contributed by atoms with Crippen molar-refractivity contribution in [3.63, 3.8) is 0 Å². The average Bonchev–Trinajstić information content (AvgIpc) is 2.71. The third kappa shape index (κ3) is 3.24. The molecule has 18 heavy (non-hydrogen) atoms. The first kappa shape index (κ1) is 13.8. The normalized spacial score (nSPS) is 23.8. The standard InChI is InChI=1S/C15H21ClFN/c1-11(2)9-15(6-3-7-18-15)10-12-8-13(16)4-5-14(12)17/h4-5,8,11,18H,3,6-7,9-10H2,1-2H3. The van der Waals surface area contributed by atoms with Gasteiger partial charge in [0.2, 0.25) is 0 Å². The van der Waals surface area contributed by atoms with Crippen LogP contribution in [0.4, 0.5) is 4.39 Å². The van der Waals surface area contributed by atoms with E-state index < -0.39 is 0 Å². The molecule has 1 aromatic rings. The Morgan fingerprint density at radius 3 is 2.83 bits per heavy atom. The van der Waals surface area contributed by atoms with Gasteiger partial charge >= 0.3 is 0 Å². The Bertz CT molecular complexity index is 411. The Kier molecular flexibility index (Phi) is 4.29. The quantitative estimate of drug-likeness (QED) is 0.864. The molecule has 0 saturated carbocycles. The highest BCUT2D eigenvalue weighted by molar-refractivity contribution is 6.30. The summed E-state index contributed by atoms with van der Waals surface area (Å²) in [7, 11) is 0. The third-order valence-corrected chi connectivity index (χ3v) is 3.90. The summed E-state index contributed by atoms with van der Waals surface area (Å²) in [6.45, 7) is 5.47. The highest BCUT2D eigenvalue weighted by Gasteiger charge is 2.34. The van der Waals surface area contributed by atoms with Crippen molar-refractivity contribution in [3.05, 3.63) is 34.6 Å². The van der Waals surface area contributed by atoms with Crippen LogP contribution in [0.1, 0.15) is 38.7 Å². The first-order valence-corrected chi connectivity index (χ1v) is 7.07. The van der Waals surface area contributed by atoms with Crippen molar-refractivity contribution in [1.82, 2.24) is 5.32 Å². The number of benzene rings is 1. The van der Waals surface area contributed by atoms with Crippen LogP contribution in [0.15, 0.2) is 18.2 Å². The second-order valence-electron chi connectivity index (χ2n) is 5.82. The van der Waals surface area contributed by atoms with Crippen LogP contribution in [0.2, 0.25) is 5.02 Å². The average molecular weight is 270 g/mol. The molecule has 0 aliphatic carbocycles. The van der Waals surface area contributed by atoms with Crippen LogP contribution in [-0.4, -0.2) is 12.1 Å². The van der Waals surface area contributed by atoms with Gasteiger partial charge in [-0.3, -0.25) is 0 Å². The molecule has 1 atom stereocenters.